The summed E-state index contributed by atoms with van der Waals surface area (Å²) in [5.41, 5.74) is 1.86. The van der Waals surface area contributed by atoms with Crippen molar-refractivity contribution < 1.29 is 18.0 Å². The zero-order valence-electron chi connectivity index (χ0n) is 25.7. The standard InChI is InChI=1S/C34H46O4Si2/c1-33(2,3)39(8,9)38-30(27-24-26-20-22-36-32(26)31(25-27)35-7)21-23-37-40(34(4,5)6,28-16-12-10-13-17-28)29-18-14-11-15-19-29/h10-20,22,24-25,30H,21,23H2,1-9H3. The lowest BCUT2D eigenvalue weighted by atomic mass is 10.0. The summed E-state index contributed by atoms with van der Waals surface area (Å²) in [6.07, 6.45) is 2.32. The highest BCUT2D eigenvalue weighted by Gasteiger charge is 2.50. The Morgan fingerprint density at radius 1 is 0.775 bits per heavy atom. The number of ether oxygens (including phenoxy) is 1. The van der Waals surface area contributed by atoms with E-state index in [4.69, 9.17) is 18.0 Å². The molecule has 0 aliphatic carbocycles. The summed E-state index contributed by atoms with van der Waals surface area (Å²) in [5, 5.41) is 3.60. The molecule has 3 aromatic carbocycles. The van der Waals surface area contributed by atoms with Gasteiger partial charge < -0.3 is 18.0 Å². The van der Waals surface area contributed by atoms with Crippen LogP contribution in [0.3, 0.4) is 0 Å². The van der Waals surface area contributed by atoms with Gasteiger partial charge in [-0.05, 0) is 63.7 Å². The highest BCUT2D eigenvalue weighted by Crippen LogP contribution is 2.43. The summed E-state index contributed by atoms with van der Waals surface area (Å²) in [4.78, 5) is 0. The largest absolute Gasteiger partial charge is 0.493 e. The summed E-state index contributed by atoms with van der Waals surface area (Å²) >= 11 is 0. The van der Waals surface area contributed by atoms with E-state index in [1.807, 2.05) is 6.07 Å². The van der Waals surface area contributed by atoms with Gasteiger partial charge in [-0.3, -0.25) is 0 Å². The highest BCUT2D eigenvalue weighted by molar-refractivity contribution is 6.99. The molecule has 0 fully saturated rings. The fourth-order valence-corrected chi connectivity index (χ4v) is 11.2. The molecule has 0 saturated heterocycles. The Morgan fingerprint density at radius 2 is 1.35 bits per heavy atom. The molecule has 0 aliphatic heterocycles. The highest BCUT2D eigenvalue weighted by atomic mass is 28.4. The van der Waals surface area contributed by atoms with Gasteiger partial charge in [0.1, 0.15) is 0 Å². The Balaban J connectivity index is 1.74. The lowest BCUT2D eigenvalue weighted by Gasteiger charge is -2.44. The topological polar surface area (TPSA) is 40.8 Å². The minimum absolute atomic E-state index is 0.0773. The molecule has 40 heavy (non-hydrogen) atoms. The quantitative estimate of drug-likeness (QED) is 0.178. The smallest absolute Gasteiger partial charge is 0.261 e. The maximum absolute atomic E-state index is 7.27. The molecule has 4 rings (SSSR count). The molecule has 4 aromatic rings. The predicted octanol–water partition coefficient (Wildman–Crippen LogP) is 8.47. The van der Waals surface area contributed by atoms with Crippen LogP contribution in [0.5, 0.6) is 5.75 Å². The van der Waals surface area contributed by atoms with Crippen molar-refractivity contribution in [3.63, 3.8) is 0 Å². The van der Waals surface area contributed by atoms with Gasteiger partial charge in [-0.1, -0.05) is 102 Å². The van der Waals surface area contributed by atoms with Gasteiger partial charge in [0.15, 0.2) is 19.6 Å². The third kappa shape index (κ3) is 6.01. The van der Waals surface area contributed by atoms with Crippen molar-refractivity contribution in [2.24, 2.45) is 0 Å². The Hall–Kier alpha value is -2.65. The van der Waals surface area contributed by atoms with Crippen LogP contribution in [0.4, 0.5) is 0 Å². The van der Waals surface area contributed by atoms with Crippen LogP contribution >= 0.6 is 0 Å². The number of rotatable bonds is 10. The van der Waals surface area contributed by atoms with Crippen molar-refractivity contribution in [1.82, 2.24) is 0 Å². The van der Waals surface area contributed by atoms with Crippen molar-refractivity contribution in [3.8, 4) is 5.75 Å². The van der Waals surface area contributed by atoms with Crippen molar-refractivity contribution in [3.05, 3.63) is 90.7 Å². The summed E-state index contributed by atoms with van der Waals surface area (Å²) < 4.78 is 25.8. The van der Waals surface area contributed by atoms with E-state index in [0.29, 0.717) is 6.61 Å². The van der Waals surface area contributed by atoms with E-state index in [1.54, 1.807) is 13.4 Å². The Kier molecular flexibility index (Phi) is 8.86. The van der Waals surface area contributed by atoms with Crippen LogP contribution in [-0.4, -0.2) is 30.4 Å². The Morgan fingerprint density at radius 3 is 1.85 bits per heavy atom. The second-order valence-electron chi connectivity index (χ2n) is 13.2. The van der Waals surface area contributed by atoms with E-state index in [1.165, 1.54) is 10.4 Å². The van der Waals surface area contributed by atoms with Gasteiger partial charge in [0.05, 0.1) is 19.5 Å². The number of furan rings is 1. The molecular formula is C34H46O4Si2. The van der Waals surface area contributed by atoms with Crippen molar-refractivity contribution in [2.45, 2.75) is 77.2 Å². The first-order valence-electron chi connectivity index (χ1n) is 14.3. The molecule has 1 aromatic heterocycles. The lowest BCUT2D eigenvalue weighted by molar-refractivity contribution is 0.144. The lowest BCUT2D eigenvalue weighted by Crippen LogP contribution is -2.66. The molecule has 4 nitrogen and oxygen atoms in total. The van der Waals surface area contributed by atoms with Crippen LogP contribution in [0.1, 0.15) is 59.6 Å². The maximum Gasteiger partial charge on any atom is 0.261 e. The number of hydrogen-bond acceptors (Lipinski definition) is 4. The number of fused-ring (bicyclic) bond motifs is 1. The normalized spacial score (nSPS) is 13.9. The van der Waals surface area contributed by atoms with Crippen LogP contribution in [0.2, 0.25) is 23.2 Å². The van der Waals surface area contributed by atoms with Gasteiger partial charge in [-0.2, -0.15) is 0 Å². The molecule has 1 unspecified atom stereocenters. The van der Waals surface area contributed by atoms with Gasteiger partial charge in [0.2, 0.25) is 0 Å². The fourth-order valence-electron chi connectivity index (χ4n) is 5.32. The van der Waals surface area contributed by atoms with E-state index in [0.717, 1.165) is 28.7 Å². The molecule has 0 amide bonds. The van der Waals surface area contributed by atoms with Crippen LogP contribution in [0.15, 0.2) is 89.5 Å². The minimum atomic E-state index is -2.65. The first-order chi connectivity index (χ1) is 18.8. The molecule has 0 saturated carbocycles. The monoisotopic (exact) mass is 574 g/mol. The van der Waals surface area contributed by atoms with Gasteiger partial charge in [-0.15, -0.1) is 0 Å². The summed E-state index contributed by atoms with van der Waals surface area (Å²) in [7, 11) is -3.05. The summed E-state index contributed by atoms with van der Waals surface area (Å²) in [6.45, 7) is 19.0. The average Bonchev–Trinajstić information content (AvgIpc) is 3.38. The number of benzene rings is 3. The Bertz CT molecular complexity index is 1340. The first kappa shape index (κ1) is 30.3. The van der Waals surface area contributed by atoms with Gasteiger partial charge >= 0.3 is 0 Å². The molecule has 6 heteroatoms. The number of hydrogen-bond donors (Lipinski definition) is 0. The molecular weight excluding hydrogens is 529 g/mol. The van der Waals surface area contributed by atoms with Crippen molar-refractivity contribution in [1.29, 1.82) is 0 Å². The maximum atomic E-state index is 7.27. The molecule has 0 aliphatic rings. The second kappa shape index (κ2) is 11.7. The molecule has 214 valence electrons. The van der Waals surface area contributed by atoms with Gasteiger partial charge in [0, 0.05) is 12.0 Å². The van der Waals surface area contributed by atoms with Crippen LogP contribution in [0, 0.1) is 0 Å². The van der Waals surface area contributed by atoms with E-state index in [-0.39, 0.29) is 16.2 Å². The molecule has 0 N–H and O–H groups in total. The first-order valence-corrected chi connectivity index (χ1v) is 19.1. The zero-order valence-corrected chi connectivity index (χ0v) is 27.7. The molecule has 0 bridgehead atoms. The van der Waals surface area contributed by atoms with Crippen molar-refractivity contribution in [2.75, 3.05) is 13.7 Å². The third-order valence-corrected chi connectivity index (χ3v) is 18.0. The predicted molar refractivity (Wildman–Crippen MR) is 172 cm³/mol. The van der Waals surface area contributed by atoms with Crippen molar-refractivity contribution >= 4 is 38.0 Å². The molecule has 1 atom stereocenters. The average molecular weight is 575 g/mol. The van der Waals surface area contributed by atoms with Gasteiger partial charge in [0.25, 0.3) is 8.32 Å². The van der Waals surface area contributed by atoms with E-state index in [2.05, 4.69) is 127 Å². The fraction of sp³-hybridized carbons (Fsp3) is 0.412. The van der Waals surface area contributed by atoms with E-state index >= 15 is 0 Å². The van der Waals surface area contributed by atoms with Crippen LogP contribution in [0.25, 0.3) is 11.0 Å². The molecule has 1 heterocycles. The van der Waals surface area contributed by atoms with Crippen LogP contribution in [-0.2, 0) is 8.85 Å². The molecule has 0 radical (unpaired) electrons. The zero-order chi connectivity index (χ0) is 29.2. The Labute approximate surface area is 242 Å². The summed E-state index contributed by atoms with van der Waals surface area (Å²) in [6, 6.07) is 27.9. The second-order valence-corrected chi connectivity index (χ2v) is 22.3. The summed E-state index contributed by atoms with van der Waals surface area (Å²) in [5.74, 6) is 0.731. The number of methoxy groups -OCH3 is 1. The molecule has 0 spiro atoms. The van der Waals surface area contributed by atoms with Crippen LogP contribution < -0.4 is 15.1 Å². The van der Waals surface area contributed by atoms with E-state index in [9.17, 15) is 0 Å². The minimum Gasteiger partial charge on any atom is -0.493 e. The van der Waals surface area contributed by atoms with Gasteiger partial charge in [-0.25, -0.2) is 0 Å². The SMILES string of the molecule is COc1cc(C(CCO[Si](c2ccccc2)(c2ccccc2)C(C)(C)C)O[Si](C)(C)C(C)(C)C)cc2ccoc12. The third-order valence-electron chi connectivity index (χ3n) is 8.49. The van der Waals surface area contributed by atoms with E-state index < -0.39 is 16.6 Å².